The number of anilines is 2. The quantitative estimate of drug-likeness (QED) is 0.173. The largest absolute Gasteiger partial charge is 0.456 e. The highest BCUT2D eigenvalue weighted by molar-refractivity contribution is 6.17. The van der Waals surface area contributed by atoms with Crippen LogP contribution in [0.15, 0.2) is 215 Å². The van der Waals surface area contributed by atoms with Gasteiger partial charge in [-0.05, 0) is 112 Å². The first-order chi connectivity index (χ1) is 31.7. The van der Waals surface area contributed by atoms with Gasteiger partial charge in [0.15, 0.2) is 0 Å². The Bertz CT molecular complexity index is 3990. The lowest BCUT2D eigenvalue weighted by molar-refractivity contribution is 0.567. The Hall–Kier alpha value is -8.34. The molecule has 4 nitrogen and oxygen atoms in total. The first-order valence-electron chi connectivity index (χ1n) is 22.1. The summed E-state index contributed by atoms with van der Waals surface area (Å²) < 4.78 is 15.5. The van der Waals surface area contributed by atoms with Gasteiger partial charge in [-0.25, -0.2) is 0 Å². The van der Waals surface area contributed by atoms with E-state index in [0.717, 1.165) is 88.5 Å². The molecule has 12 aromatic rings. The third-order valence-corrected chi connectivity index (χ3v) is 13.6. The van der Waals surface area contributed by atoms with Crippen LogP contribution in [0.4, 0.5) is 11.4 Å². The maximum Gasteiger partial charge on any atom is 0.137 e. The number of nitrogens with zero attached hydrogens (tertiary/aromatic N) is 2. The van der Waals surface area contributed by atoms with Gasteiger partial charge in [-0.3, -0.25) is 0 Å². The van der Waals surface area contributed by atoms with Crippen LogP contribution in [0.1, 0.15) is 11.5 Å². The number of aromatic nitrogens is 1. The molecule has 0 fully saturated rings. The second-order valence-electron chi connectivity index (χ2n) is 17.2. The van der Waals surface area contributed by atoms with Gasteiger partial charge < -0.3 is 18.3 Å². The monoisotopic (exact) mass is 818 g/mol. The van der Waals surface area contributed by atoms with Gasteiger partial charge in [-0.2, -0.15) is 0 Å². The van der Waals surface area contributed by atoms with Crippen molar-refractivity contribution in [1.82, 2.24) is 4.57 Å². The van der Waals surface area contributed by atoms with Crippen molar-refractivity contribution in [3.63, 3.8) is 0 Å². The van der Waals surface area contributed by atoms with Gasteiger partial charge >= 0.3 is 0 Å². The topological polar surface area (TPSA) is 34.5 Å². The van der Waals surface area contributed by atoms with Crippen LogP contribution in [0.5, 0.6) is 0 Å². The standard InChI is InChI=1S/C60H38N2O2/c1-3-15-37(16-4-1)39-27-41(31-43(29-39)61-53-23-11-7-19-45(53)49-33-51-47-21-9-13-25-57(47)63-59(51)35-55(49)61)42-28-40(38-17-5-2-6-18-38)30-44(32-42)62-54-24-12-8-20-46(54)50-34-52-48-22-10-14-26-58(48)64-60(52)36-56(50)62/h1-36,49,55H. The van der Waals surface area contributed by atoms with Gasteiger partial charge in [0.25, 0.3) is 0 Å². The molecule has 0 radical (unpaired) electrons. The zero-order chi connectivity index (χ0) is 41.9. The van der Waals surface area contributed by atoms with Gasteiger partial charge in [0.1, 0.15) is 22.2 Å². The number of benzene rings is 9. The van der Waals surface area contributed by atoms with E-state index in [0.29, 0.717) is 0 Å². The molecular formula is C60H38N2O2. The Kier molecular flexibility index (Phi) is 7.48. The van der Waals surface area contributed by atoms with E-state index in [4.69, 9.17) is 8.83 Å². The van der Waals surface area contributed by atoms with E-state index < -0.39 is 0 Å². The number of hydrogen-bond donors (Lipinski definition) is 0. The molecule has 1 aliphatic heterocycles. The summed E-state index contributed by atoms with van der Waals surface area (Å²) in [6.45, 7) is 0. The minimum Gasteiger partial charge on any atom is -0.456 e. The summed E-state index contributed by atoms with van der Waals surface area (Å²) in [5.41, 5.74) is 17.6. The van der Waals surface area contributed by atoms with E-state index in [9.17, 15) is 0 Å². The van der Waals surface area contributed by atoms with E-state index in [1.165, 1.54) is 32.8 Å². The van der Waals surface area contributed by atoms with Crippen LogP contribution in [0, 0.1) is 0 Å². The molecule has 9 aromatic carbocycles. The summed E-state index contributed by atoms with van der Waals surface area (Å²) in [5, 5.41) is 7.02. The summed E-state index contributed by atoms with van der Waals surface area (Å²) in [6.07, 6.45) is 4.79. The Morgan fingerprint density at radius 2 is 0.938 bits per heavy atom. The third kappa shape index (κ3) is 5.29. The molecule has 2 atom stereocenters. The molecule has 3 aromatic heterocycles. The maximum atomic E-state index is 6.55. The van der Waals surface area contributed by atoms with E-state index in [1.54, 1.807) is 0 Å². The molecule has 0 N–H and O–H groups in total. The Morgan fingerprint density at radius 1 is 0.359 bits per heavy atom. The summed E-state index contributed by atoms with van der Waals surface area (Å²) in [7, 11) is 0. The van der Waals surface area contributed by atoms with Crippen molar-refractivity contribution < 1.29 is 8.83 Å². The average molecular weight is 819 g/mol. The molecule has 2 aliphatic rings. The highest BCUT2D eigenvalue weighted by Gasteiger charge is 2.39. The van der Waals surface area contributed by atoms with Crippen molar-refractivity contribution in [3.05, 3.63) is 222 Å². The Balaban J connectivity index is 1.02. The first kappa shape index (κ1) is 35.3. The van der Waals surface area contributed by atoms with Crippen LogP contribution in [0.2, 0.25) is 0 Å². The number of rotatable bonds is 5. The highest BCUT2D eigenvalue weighted by atomic mass is 16.3. The maximum absolute atomic E-state index is 6.55. The first-order valence-corrected chi connectivity index (χ1v) is 22.1. The molecule has 14 rings (SSSR count). The molecule has 1 aliphatic carbocycles. The number of fused-ring (bicyclic) bond motifs is 12. The highest BCUT2D eigenvalue weighted by Crippen LogP contribution is 2.49. The molecule has 0 saturated carbocycles. The molecular weight excluding hydrogens is 781 g/mol. The third-order valence-electron chi connectivity index (χ3n) is 13.6. The average Bonchev–Trinajstić information content (AvgIpc) is 4.10. The Labute approximate surface area is 368 Å². The lowest BCUT2D eigenvalue weighted by atomic mass is 9.90. The molecule has 0 spiro atoms. The van der Waals surface area contributed by atoms with E-state index in [1.807, 2.05) is 6.07 Å². The normalized spacial score (nSPS) is 15.4. The van der Waals surface area contributed by atoms with Crippen LogP contribution in [-0.4, -0.2) is 10.6 Å². The van der Waals surface area contributed by atoms with Gasteiger partial charge in [0, 0.05) is 61.2 Å². The van der Waals surface area contributed by atoms with Gasteiger partial charge in [-0.15, -0.1) is 0 Å². The zero-order valence-electron chi connectivity index (χ0n) is 34.7. The summed E-state index contributed by atoms with van der Waals surface area (Å²) >= 11 is 0. The number of hydrogen-bond acceptors (Lipinski definition) is 3. The SMILES string of the molecule is C1=c2oc3ccccc3c2=CC2c3ccccc3N(c3cc(-c4ccccc4)cc(-c4cc(-c5ccccc5)cc(-n5c6ccccc6c6cc7c(cc65)oc5ccccc57)c4)c3)C12. The molecule has 0 amide bonds. The van der Waals surface area contributed by atoms with Gasteiger partial charge in [-0.1, -0.05) is 140 Å². The fourth-order valence-corrected chi connectivity index (χ4v) is 10.8. The summed E-state index contributed by atoms with van der Waals surface area (Å²) in [4.78, 5) is 2.54. The summed E-state index contributed by atoms with van der Waals surface area (Å²) in [5.74, 6) is 0.162. The van der Waals surface area contributed by atoms with Crippen molar-refractivity contribution >= 4 is 78.2 Å². The molecule has 0 bridgehead atoms. The van der Waals surface area contributed by atoms with Crippen molar-refractivity contribution in [3.8, 4) is 39.1 Å². The fraction of sp³-hybridized carbons (Fsp3) is 0.0333. The molecule has 4 heterocycles. The molecule has 2 unspecified atom stereocenters. The van der Waals surface area contributed by atoms with Crippen molar-refractivity contribution in [2.45, 2.75) is 12.0 Å². The minimum atomic E-state index is 0.0308. The fourth-order valence-electron chi connectivity index (χ4n) is 10.8. The second kappa shape index (κ2) is 13.6. The summed E-state index contributed by atoms with van der Waals surface area (Å²) in [6, 6.07) is 74.8. The molecule has 64 heavy (non-hydrogen) atoms. The lowest BCUT2D eigenvalue weighted by Gasteiger charge is -2.29. The van der Waals surface area contributed by atoms with E-state index >= 15 is 0 Å². The second-order valence-corrected chi connectivity index (χ2v) is 17.2. The van der Waals surface area contributed by atoms with Crippen LogP contribution >= 0.6 is 0 Å². The predicted octanol–water partition coefficient (Wildman–Crippen LogP) is 14.3. The number of para-hydroxylation sites is 4. The van der Waals surface area contributed by atoms with Crippen LogP contribution in [-0.2, 0) is 0 Å². The van der Waals surface area contributed by atoms with Crippen molar-refractivity contribution in [2.75, 3.05) is 4.90 Å². The number of furan rings is 2. The van der Waals surface area contributed by atoms with Crippen LogP contribution in [0.3, 0.4) is 0 Å². The van der Waals surface area contributed by atoms with E-state index in [-0.39, 0.29) is 12.0 Å². The van der Waals surface area contributed by atoms with Crippen LogP contribution < -0.4 is 15.5 Å². The molecule has 4 heteroatoms. The Morgan fingerprint density at radius 3 is 1.67 bits per heavy atom. The van der Waals surface area contributed by atoms with Crippen molar-refractivity contribution in [2.24, 2.45) is 0 Å². The molecule has 300 valence electrons. The predicted molar refractivity (Wildman–Crippen MR) is 264 cm³/mol. The van der Waals surface area contributed by atoms with Crippen molar-refractivity contribution in [1.29, 1.82) is 0 Å². The van der Waals surface area contributed by atoms with Crippen LogP contribution in [0.25, 0.3) is 106 Å². The minimum absolute atomic E-state index is 0.0308. The molecule has 0 saturated heterocycles. The smallest absolute Gasteiger partial charge is 0.137 e. The van der Waals surface area contributed by atoms with Gasteiger partial charge in [0.2, 0.25) is 0 Å². The van der Waals surface area contributed by atoms with E-state index in [2.05, 4.69) is 222 Å². The lowest BCUT2D eigenvalue weighted by Crippen LogP contribution is -2.36. The zero-order valence-corrected chi connectivity index (χ0v) is 34.7. The van der Waals surface area contributed by atoms with Gasteiger partial charge in [0.05, 0.1) is 17.1 Å².